The van der Waals surface area contributed by atoms with Crippen molar-refractivity contribution in [1.82, 2.24) is 10.2 Å². The lowest BCUT2D eigenvalue weighted by molar-refractivity contribution is -0.126. The minimum atomic E-state index is 0. The minimum Gasteiger partial charge on any atom is -0.337 e. The summed E-state index contributed by atoms with van der Waals surface area (Å²) in [4.78, 5) is 12.7. The quantitative estimate of drug-likeness (QED) is 0.445. The number of halogens is 1. The molecule has 1 rings (SSSR count). The van der Waals surface area contributed by atoms with E-state index in [0.29, 0.717) is 0 Å². The average molecular weight is 296 g/mol. The van der Waals surface area contributed by atoms with E-state index < -0.39 is 0 Å². The summed E-state index contributed by atoms with van der Waals surface area (Å²) in [5.41, 5.74) is 0. The molecule has 1 heterocycles. The van der Waals surface area contributed by atoms with E-state index in [4.69, 9.17) is 0 Å². The van der Waals surface area contributed by atoms with E-state index in [0.717, 1.165) is 26.2 Å². The second kappa shape index (κ2) is 9.73. The largest absolute Gasteiger partial charge is 0.337 e. The van der Waals surface area contributed by atoms with Crippen molar-refractivity contribution < 1.29 is 4.79 Å². The Morgan fingerprint density at radius 1 is 1.31 bits per heavy atom. The molecule has 13 heavy (non-hydrogen) atoms. The predicted octanol–water partition coefficient (Wildman–Crippen LogP) is 1.02. The fourth-order valence-corrected chi connectivity index (χ4v) is 1.01. The van der Waals surface area contributed by atoms with Gasteiger partial charge in [-0.3, -0.25) is 4.79 Å². The summed E-state index contributed by atoms with van der Waals surface area (Å²) >= 11 is 0. The second-order valence-electron chi connectivity index (χ2n) is 2.28. The van der Waals surface area contributed by atoms with E-state index >= 15 is 0 Å². The van der Waals surface area contributed by atoms with Crippen molar-refractivity contribution in [2.24, 2.45) is 0 Å². The summed E-state index contributed by atoms with van der Waals surface area (Å²) in [6, 6.07) is 0. The molecule has 0 unspecified atom stereocenters. The third kappa shape index (κ3) is 5.81. The fourth-order valence-electron chi connectivity index (χ4n) is 1.01. The van der Waals surface area contributed by atoms with E-state index in [9.17, 15) is 4.79 Å². The van der Waals surface area contributed by atoms with Crippen LogP contribution in [0.1, 0.15) is 0 Å². The molecule has 76 valence electrons. The smallest absolute Gasteiger partial charge is 0.246 e. The molecule has 0 saturated carbocycles. The number of carbonyl (C=O) groups excluding carboxylic acids is 1. The first kappa shape index (κ1) is 15.1. The Hall–Kier alpha value is -0.360. The Labute approximate surface area is 96.9 Å². The van der Waals surface area contributed by atoms with Crippen LogP contribution in [0.5, 0.6) is 0 Å². The van der Waals surface area contributed by atoms with Crippen LogP contribution in [-0.2, 0) is 4.79 Å². The van der Waals surface area contributed by atoms with Crippen molar-refractivity contribution in [1.29, 1.82) is 0 Å². The highest BCUT2D eigenvalue weighted by Crippen LogP contribution is 1.92. The Bertz CT molecular complexity index is 156. The molecule has 0 bridgehead atoms. The summed E-state index contributed by atoms with van der Waals surface area (Å²) in [6.07, 6.45) is 1.37. The van der Waals surface area contributed by atoms with E-state index in [1.807, 2.05) is 0 Å². The Balaban J connectivity index is 0. The molecular weight excluding hydrogens is 279 g/mol. The van der Waals surface area contributed by atoms with Crippen LogP contribution in [0.25, 0.3) is 0 Å². The van der Waals surface area contributed by atoms with Crippen LogP contribution in [0, 0.1) is 0 Å². The third-order valence-corrected chi connectivity index (χ3v) is 1.60. The average Bonchev–Trinajstić information content (AvgIpc) is 2.21. The SMILES string of the molecule is C=C.C=CC(=O)N1CCNCC1.I. The normalized spacial score (nSPS) is 14.6. The zero-order valence-electron chi connectivity index (χ0n) is 7.79. The van der Waals surface area contributed by atoms with Gasteiger partial charge in [-0.05, 0) is 6.08 Å². The number of nitrogens with zero attached hydrogens (tertiary/aromatic N) is 1. The van der Waals surface area contributed by atoms with Gasteiger partial charge in [0, 0.05) is 26.2 Å². The summed E-state index contributed by atoms with van der Waals surface area (Å²) in [5.74, 6) is 0.0431. The van der Waals surface area contributed by atoms with Gasteiger partial charge in [0.2, 0.25) is 5.91 Å². The lowest BCUT2D eigenvalue weighted by Gasteiger charge is -2.25. The number of hydrogen-bond acceptors (Lipinski definition) is 2. The molecule has 0 radical (unpaired) electrons. The molecule has 3 nitrogen and oxygen atoms in total. The van der Waals surface area contributed by atoms with Gasteiger partial charge < -0.3 is 10.2 Å². The van der Waals surface area contributed by atoms with Gasteiger partial charge in [0.1, 0.15) is 0 Å². The van der Waals surface area contributed by atoms with Gasteiger partial charge in [-0.2, -0.15) is 0 Å². The third-order valence-electron chi connectivity index (χ3n) is 1.60. The van der Waals surface area contributed by atoms with Crippen molar-refractivity contribution in [3.05, 3.63) is 25.8 Å². The van der Waals surface area contributed by atoms with Crippen molar-refractivity contribution in [3.8, 4) is 0 Å². The van der Waals surface area contributed by atoms with Crippen molar-refractivity contribution in [3.63, 3.8) is 0 Å². The Kier molecular flexibility index (Phi) is 11.3. The molecule has 1 amide bonds. The number of hydrogen-bond donors (Lipinski definition) is 1. The number of rotatable bonds is 1. The lowest BCUT2D eigenvalue weighted by Crippen LogP contribution is -2.45. The van der Waals surface area contributed by atoms with E-state index in [1.54, 1.807) is 4.90 Å². The van der Waals surface area contributed by atoms with Gasteiger partial charge >= 0.3 is 0 Å². The molecule has 0 aromatic rings. The van der Waals surface area contributed by atoms with E-state index in [-0.39, 0.29) is 29.9 Å². The fraction of sp³-hybridized carbons (Fsp3) is 0.444. The van der Waals surface area contributed by atoms with Crippen LogP contribution in [-0.4, -0.2) is 37.0 Å². The molecule has 1 aliphatic rings. The highest BCUT2D eigenvalue weighted by molar-refractivity contribution is 14.0. The zero-order valence-corrected chi connectivity index (χ0v) is 10.1. The highest BCUT2D eigenvalue weighted by atomic mass is 127. The number of amides is 1. The van der Waals surface area contributed by atoms with Crippen molar-refractivity contribution in [2.75, 3.05) is 26.2 Å². The van der Waals surface area contributed by atoms with Gasteiger partial charge in [0.05, 0.1) is 0 Å². The van der Waals surface area contributed by atoms with Crippen LogP contribution < -0.4 is 5.32 Å². The zero-order chi connectivity index (χ0) is 9.40. The second-order valence-corrected chi connectivity index (χ2v) is 2.28. The van der Waals surface area contributed by atoms with E-state index in [1.165, 1.54) is 6.08 Å². The maximum atomic E-state index is 10.9. The Morgan fingerprint density at radius 3 is 2.15 bits per heavy atom. The molecule has 4 heteroatoms. The molecule has 1 fully saturated rings. The first-order chi connectivity index (χ1) is 5.84. The van der Waals surface area contributed by atoms with Crippen LogP contribution in [0.2, 0.25) is 0 Å². The van der Waals surface area contributed by atoms with Crippen LogP contribution in [0.3, 0.4) is 0 Å². The van der Waals surface area contributed by atoms with Gasteiger partial charge in [0.25, 0.3) is 0 Å². The van der Waals surface area contributed by atoms with Gasteiger partial charge in [0.15, 0.2) is 0 Å². The molecular formula is C9H17IN2O. The van der Waals surface area contributed by atoms with Gasteiger partial charge in [-0.15, -0.1) is 37.1 Å². The molecule has 0 atom stereocenters. The number of piperazine rings is 1. The topological polar surface area (TPSA) is 32.3 Å². The first-order valence-electron chi connectivity index (χ1n) is 3.96. The molecule has 1 saturated heterocycles. The van der Waals surface area contributed by atoms with Crippen LogP contribution >= 0.6 is 24.0 Å². The van der Waals surface area contributed by atoms with Crippen LogP contribution in [0.4, 0.5) is 0 Å². The first-order valence-corrected chi connectivity index (χ1v) is 3.96. The standard InChI is InChI=1S/C7H12N2O.C2H4.HI/c1-2-7(10)9-5-3-8-4-6-9;1-2;/h2,8H,1,3-6H2;1-2H2;1H. The molecule has 0 aromatic heterocycles. The Morgan fingerprint density at radius 2 is 1.77 bits per heavy atom. The lowest BCUT2D eigenvalue weighted by atomic mass is 10.3. The molecule has 1 N–H and O–H groups in total. The molecule has 0 spiro atoms. The maximum absolute atomic E-state index is 10.9. The molecule has 1 aliphatic heterocycles. The summed E-state index contributed by atoms with van der Waals surface area (Å²) in [6.45, 7) is 12.8. The summed E-state index contributed by atoms with van der Waals surface area (Å²) in [7, 11) is 0. The van der Waals surface area contributed by atoms with Gasteiger partial charge in [-0.1, -0.05) is 6.58 Å². The van der Waals surface area contributed by atoms with Gasteiger partial charge in [-0.25, -0.2) is 0 Å². The molecule has 0 aromatic carbocycles. The molecule has 0 aliphatic carbocycles. The predicted molar refractivity (Wildman–Crippen MR) is 66.3 cm³/mol. The number of carbonyl (C=O) groups is 1. The minimum absolute atomic E-state index is 0. The number of nitrogens with one attached hydrogen (secondary N) is 1. The highest BCUT2D eigenvalue weighted by Gasteiger charge is 2.11. The van der Waals surface area contributed by atoms with Crippen LogP contribution in [0.15, 0.2) is 25.8 Å². The monoisotopic (exact) mass is 296 g/mol. The van der Waals surface area contributed by atoms with Crippen molar-refractivity contribution >= 4 is 29.9 Å². The summed E-state index contributed by atoms with van der Waals surface area (Å²) < 4.78 is 0. The van der Waals surface area contributed by atoms with E-state index in [2.05, 4.69) is 25.1 Å². The summed E-state index contributed by atoms with van der Waals surface area (Å²) in [5, 5.41) is 3.17. The maximum Gasteiger partial charge on any atom is 0.246 e. The van der Waals surface area contributed by atoms with Crippen molar-refractivity contribution in [2.45, 2.75) is 0 Å².